The zero-order valence-electron chi connectivity index (χ0n) is 15.0. The van der Waals surface area contributed by atoms with E-state index in [1.165, 1.54) is 10.4 Å². The van der Waals surface area contributed by atoms with Crippen LogP contribution in [0.2, 0.25) is 5.02 Å². The van der Waals surface area contributed by atoms with Gasteiger partial charge in [-0.05, 0) is 31.0 Å². The van der Waals surface area contributed by atoms with Gasteiger partial charge >= 0.3 is 0 Å². The molecule has 26 heavy (non-hydrogen) atoms. The largest absolute Gasteiger partial charge is 0.352 e. The number of rotatable bonds is 7. The average molecular weight is 406 g/mol. The molecular weight excluding hydrogens is 381 g/mol. The molecule has 9 heteroatoms. The van der Waals surface area contributed by atoms with Gasteiger partial charge in [-0.2, -0.15) is 4.31 Å². The summed E-state index contributed by atoms with van der Waals surface area (Å²) in [6, 6.07) is 3.56. The standard InChI is InChI=1S/C17H25ClFN3O3S/c1-3-13(4-2)20-17(23)12-21-7-9-22(10-8-21)26(24,25)14-5-6-16(19)15(18)11-14/h5-6,11,13H,3-4,7-10,12H2,1-2H3,(H,20,23). The van der Waals surface area contributed by atoms with E-state index in [4.69, 9.17) is 11.6 Å². The topological polar surface area (TPSA) is 69.7 Å². The van der Waals surface area contributed by atoms with Crippen LogP contribution in [0.5, 0.6) is 0 Å². The summed E-state index contributed by atoms with van der Waals surface area (Å²) in [6.07, 6.45) is 1.77. The monoisotopic (exact) mass is 405 g/mol. The number of carbonyl (C=O) groups excluding carboxylic acids is 1. The van der Waals surface area contributed by atoms with Crippen molar-refractivity contribution in [3.05, 3.63) is 29.0 Å². The normalized spacial score (nSPS) is 16.8. The van der Waals surface area contributed by atoms with Crippen molar-refractivity contribution in [2.45, 2.75) is 37.6 Å². The summed E-state index contributed by atoms with van der Waals surface area (Å²) in [7, 11) is -3.73. The maximum Gasteiger partial charge on any atom is 0.243 e. The lowest BCUT2D eigenvalue weighted by Gasteiger charge is -2.33. The van der Waals surface area contributed by atoms with Gasteiger partial charge in [-0.15, -0.1) is 0 Å². The van der Waals surface area contributed by atoms with Gasteiger partial charge in [0.1, 0.15) is 5.82 Å². The molecule has 0 radical (unpaired) electrons. The highest BCUT2D eigenvalue weighted by Gasteiger charge is 2.29. The molecule has 0 unspecified atom stereocenters. The fourth-order valence-corrected chi connectivity index (χ4v) is 4.58. The Labute approximate surface area is 159 Å². The first-order chi connectivity index (χ1) is 12.3. The SMILES string of the molecule is CCC(CC)NC(=O)CN1CCN(S(=O)(=O)c2ccc(F)c(Cl)c2)CC1. The molecule has 146 valence electrons. The lowest BCUT2D eigenvalue weighted by molar-refractivity contribution is -0.123. The lowest BCUT2D eigenvalue weighted by atomic mass is 10.2. The molecule has 1 saturated heterocycles. The predicted octanol–water partition coefficient (Wildman–Crippen LogP) is 2.09. The second kappa shape index (κ2) is 9.12. The molecule has 1 heterocycles. The van der Waals surface area contributed by atoms with Crippen LogP contribution < -0.4 is 5.32 Å². The van der Waals surface area contributed by atoms with Crippen molar-refractivity contribution in [1.29, 1.82) is 0 Å². The molecule has 0 aromatic heterocycles. The zero-order valence-corrected chi connectivity index (χ0v) is 16.6. The van der Waals surface area contributed by atoms with Gasteiger partial charge in [-0.1, -0.05) is 25.4 Å². The van der Waals surface area contributed by atoms with E-state index in [0.29, 0.717) is 13.1 Å². The summed E-state index contributed by atoms with van der Waals surface area (Å²) in [5, 5.41) is 2.76. The van der Waals surface area contributed by atoms with Crippen molar-refractivity contribution in [1.82, 2.24) is 14.5 Å². The maximum atomic E-state index is 13.3. The highest BCUT2D eigenvalue weighted by molar-refractivity contribution is 7.89. The van der Waals surface area contributed by atoms with Crippen LogP contribution in [0, 0.1) is 5.82 Å². The molecule has 1 aliphatic heterocycles. The minimum Gasteiger partial charge on any atom is -0.352 e. The van der Waals surface area contributed by atoms with E-state index in [1.54, 1.807) is 0 Å². The Morgan fingerprint density at radius 2 is 1.85 bits per heavy atom. The third-order valence-corrected chi connectivity index (χ3v) is 6.76. The molecule has 6 nitrogen and oxygen atoms in total. The molecular formula is C17H25ClFN3O3S. The predicted molar refractivity (Wildman–Crippen MR) is 99.1 cm³/mol. The summed E-state index contributed by atoms with van der Waals surface area (Å²) in [5.74, 6) is -0.695. The highest BCUT2D eigenvalue weighted by atomic mass is 35.5. The molecule has 0 bridgehead atoms. The number of sulfonamides is 1. The molecule has 0 aliphatic carbocycles. The Morgan fingerprint density at radius 1 is 1.23 bits per heavy atom. The van der Waals surface area contributed by atoms with E-state index < -0.39 is 15.8 Å². The molecule has 2 rings (SSSR count). The van der Waals surface area contributed by atoms with E-state index >= 15 is 0 Å². The van der Waals surface area contributed by atoms with Crippen LogP contribution in [-0.4, -0.2) is 62.3 Å². The third-order valence-electron chi connectivity index (χ3n) is 4.58. The van der Waals surface area contributed by atoms with Gasteiger partial charge in [0.25, 0.3) is 0 Å². The van der Waals surface area contributed by atoms with E-state index in [9.17, 15) is 17.6 Å². The quantitative estimate of drug-likeness (QED) is 0.754. The van der Waals surface area contributed by atoms with Crippen LogP contribution in [0.4, 0.5) is 4.39 Å². The van der Waals surface area contributed by atoms with Crippen molar-refractivity contribution >= 4 is 27.5 Å². The van der Waals surface area contributed by atoms with Crippen molar-refractivity contribution in [3.63, 3.8) is 0 Å². The Kier molecular flexibility index (Phi) is 7.40. The molecule has 1 aromatic rings. The van der Waals surface area contributed by atoms with Crippen molar-refractivity contribution in [2.75, 3.05) is 32.7 Å². The number of hydrogen-bond acceptors (Lipinski definition) is 4. The molecule has 1 aliphatic rings. The number of hydrogen-bond donors (Lipinski definition) is 1. The van der Waals surface area contributed by atoms with Crippen molar-refractivity contribution < 1.29 is 17.6 Å². The minimum atomic E-state index is -3.73. The van der Waals surface area contributed by atoms with Crippen LogP contribution >= 0.6 is 11.6 Å². The third kappa shape index (κ3) is 5.16. The van der Waals surface area contributed by atoms with E-state index in [1.807, 2.05) is 18.7 Å². The Morgan fingerprint density at radius 3 is 2.38 bits per heavy atom. The maximum absolute atomic E-state index is 13.3. The number of amides is 1. The number of nitrogens with one attached hydrogen (secondary N) is 1. The van der Waals surface area contributed by atoms with Crippen molar-refractivity contribution in [3.8, 4) is 0 Å². The number of benzene rings is 1. The molecule has 1 aromatic carbocycles. The summed E-state index contributed by atoms with van der Waals surface area (Å²) < 4.78 is 39.9. The fraction of sp³-hybridized carbons (Fsp3) is 0.588. The van der Waals surface area contributed by atoms with E-state index in [-0.39, 0.29) is 41.5 Å². The van der Waals surface area contributed by atoms with Crippen LogP contribution in [-0.2, 0) is 14.8 Å². The molecule has 1 amide bonds. The van der Waals surface area contributed by atoms with Gasteiger partial charge in [0, 0.05) is 32.2 Å². The first-order valence-electron chi connectivity index (χ1n) is 8.74. The van der Waals surface area contributed by atoms with Crippen LogP contribution in [0.15, 0.2) is 23.1 Å². The molecule has 1 fully saturated rings. The Hall–Kier alpha value is -1.22. The van der Waals surface area contributed by atoms with E-state index in [2.05, 4.69) is 5.32 Å². The second-order valence-corrected chi connectivity index (χ2v) is 8.68. The number of piperazine rings is 1. The number of carbonyl (C=O) groups is 1. The van der Waals surface area contributed by atoms with Gasteiger partial charge in [-0.25, -0.2) is 12.8 Å². The number of nitrogens with zero attached hydrogens (tertiary/aromatic N) is 2. The van der Waals surface area contributed by atoms with Gasteiger partial charge < -0.3 is 5.32 Å². The average Bonchev–Trinajstić information content (AvgIpc) is 2.62. The summed E-state index contributed by atoms with van der Waals surface area (Å²) in [6.45, 7) is 5.78. The van der Waals surface area contributed by atoms with Gasteiger partial charge in [0.15, 0.2) is 0 Å². The summed E-state index contributed by atoms with van der Waals surface area (Å²) in [4.78, 5) is 14.0. The molecule has 0 spiro atoms. The molecule has 0 saturated carbocycles. The lowest BCUT2D eigenvalue weighted by Crippen LogP contribution is -2.51. The zero-order chi connectivity index (χ0) is 19.3. The van der Waals surface area contributed by atoms with Crippen LogP contribution in [0.3, 0.4) is 0 Å². The smallest absolute Gasteiger partial charge is 0.243 e. The summed E-state index contributed by atoms with van der Waals surface area (Å²) >= 11 is 5.69. The van der Waals surface area contributed by atoms with Crippen LogP contribution in [0.25, 0.3) is 0 Å². The van der Waals surface area contributed by atoms with Crippen molar-refractivity contribution in [2.24, 2.45) is 0 Å². The van der Waals surface area contributed by atoms with E-state index in [0.717, 1.165) is 25.0 Å². The highest BCUT2D eigenvalue weighted by Crippen LogP contribution is 2.23. The second-order valence-electron chi connectivity index (χ2n) is 6.34. The first-order valence-corrected chi connectivity index (χ1v) is 10.6. The molecule has 0 atom stereocenters. The van der Waals surface area contributed by atoms with Gasteiger partial charge in [0.2, 0.25) is 15.9 Å². The minimum absolute atomic E-state index is 0.0242. The number of halogens is 2. The Bertz CT molecular complexity index is 733. The summed E-state index contributed by atoms with van der Waals surface area (Å²) in [5.41, 5.74) is 0. The van der Waals surface area contributed by atoms with Crippen LogP contribution in [0.1, 0.15) is 26.7 Å². The fourth-order valence-electron chi connectivity index (χ4n) is 2.88. The molecule has 1 N–H and O–H groups in total. The first kappa shape index (κ1) is 21.1. The van der Waals surface area contributed by atoms with Gasteiger partial charge in [0.05, 0.1) is 16.5 Å². The Balaban J connectivity index is 1.93. The van der Waals surface area contributed by atoms with Gasteiger partial charge in [-0.3, -0.25) is 9.69 Å².